The van der Waals surface area contributed by atoms with Crippen LogP contribution in [0, 0.1) is 0 Å². The first-order valence-electron chi connectivity index (χ1n) is 7.59. The van der Waals surface area contributed by atoms with E-state index in [4.69, 9.17) is 0 Å². The maximum atomic E-state index is 4.32. The van der Waals surface area contributed by atoms with Crippen LogP contribution in [0.3, 0.4) is 0 Å². The average molecular weight is 349 g/mol. The second-order valence-electron chi connectivity index (χ2n) is 5.36. The second kappa shape index (κ2) is 6.55. The zero-order valence-corrected chi connectivity index (χ0v) is 14.6. The van der Waals surface area contributed by atoms with Gasteiger partial charge < -0.3 is 0 Å². The fraction of sp³-hybridized carbons (Fsp3) is 0.0526. The van der Waals surface area contributed by atoms with Crippen molar-refractivity contribution in [1.82, 2.24) is 15.0 Å². The Morgan fingerprint density at radius 2 is 1.67 bits per heavy atom. The van der Waals surface area contributed by atoms with Crippen LogP contribution in [0.2, 0.25) is 0 Å². The van der Waals surface area contributed by atoms with Crippen LogP contribution in [0.1, 0.15) is 10.4 Å². The molecule has 0 amide bonds. The van der Waals surface area contributed by atoms with E-state index in [1.807, 2.05) is 35.2 Å². The van der Waals surface area contributed by atoms with Crippen molar-refractivity contribution in [2.24, 2.45) is 0 Å². The van der Waals surface area contributed by atoms with E-state index in [9.17, 15) is 0 Å². The van der Waals surface area contributed by atoms with E-state index in [1.165, 1.54) is 20.2 Å². The van der Waals surface area contributed by atoms with Gasteiger partial charge in [0.25, 0.3) is 0 Å². The minimum Gasteiger partial charge on any atom is -0.247 e. The molecule has 4 aromatic rings. The lowest BCUT2D eigenvalue weighted by atomic mass is 10.2. The molecule has 0 aliphatic rings. The molecule has 4 rings (SSSR count). The van der Waals surface area contributed by atoms with Crippen LogP contribution >= 0.6 is 22.7 Å². The quantitative estimate of drug-likeness (QED) is 0.481. The van der Waals surface area contributed by atoms with Crippen LogP contribution in [0.4, 0.5) is 0 Å². The SMILES string of the molecule is C=Cc1ccc(-c2ccc(-c3cn(Cc4ccccc4)nn3)s2)s1. The van der Waals surface area contributed by atoms with Gasteiger partial charge in [0.15, 0.2) is 0 Å². The number of rotatable bonds is 5. The summed E-state index contributed by atoms with van der Waals surface area (Å²) in [6.07, 6.45) is 3.89. The molecule has 3 nitrogen and oxygen atoms in total. The molecule has 0 saturated carbocycles. The van der Waals surface area contributed by atoms with Gasteiger partial charge in [0.2, 0.25) is 0 Å². The number of thiophene rings is 2. The van der Waals surface area contributed by atoms with Gasteiger partial charge >= 0.3 is 0 Å². The topological polar surface area (TPSA) is 30.7 Å². The summed E-state index contributed by atoms with van der Waals surface area (Å²) < 4.78 is 1.88. The van der Waals surface area contributed by atoms with Crippen LogP contribution in [0.25, 0.3) is 26.4 Å². The number of nitrogens with zero attached hydrogens (tertiary/aromatic N) is 3. The van der Waals surface area contributed by atoms with E-state index in [1.54, 1.807) is 22.7 Å². The molecule has 0 unspecified atom stereocenters. The zero-order valence-electron chi connectivity index (χ0n) is 12.9. The first kappa shape index (κ1) is 15.1. The summed E-state index contributed by atoms with van der Waals surface area (Å²) >= 11 is 3.50. The Morgan fingerprint density at radius 3 is 2.46 bits per heavy atom. The fourth-order valence-corrected chi connectivity index (χ4v) is 4.37. The summed E-state index contributed by atoms with van der Waals surface area (Å²) in [6, 6.07) is 18.8. The minimum absolute atomic E-state index is 0.736. The van der Waals surface area contributed by atoms with Crippen molar-refractivity contribution < 1.29 is 0 Å². The van der Waals surface area contributed by atoms with Crippen LogP contribution in [-0.2, 0) is 6.54 Å². The Kier molecular flexibility index (Phi) is 4.11. The molecule has 0 aliphatic carbocycles. The van der Waals surface area contributed by atoms with E-state index in [-0.39, 0.29) is 0 Å². The van der Waals surface area contributed by atoms with Crippen molar-refractivity contribution in [3.63, 3.8) is 0 Å². The molecule has 5 heteroatoms. The molecule has 0 atom stereocenters. The van der Waals surface area contributed by atoms with E-state index in [2.05, 4.69) is 53.3 Å². The average Bonchev–Trinajstić information content (AvgIpc) is 3.35. The lowest BCUT2D eigenvalue weighted by Crippen LogP contribution is -1.99. The summed E-state index contributed by atoms with van der Waals surface area (Å²) in [4.78, 5) is 4.84. The van der Waals surface area contributed by atoms with Crippen molar-refractivity contribution in [2.45, 2.75) is 6.54 Å². The Morgan fingerprint density at radius 1 is 0.917 bits per heavy atom. The van der Waals surface area contributed by atoms with E-state index < -0.39 is 0 Å². The third-order valence-corrected chi connectivity index (χ3v) is 6.04. The molecule has 3 aromatic heterocycles. The lowest BCUT2D eigenvalue weighted by Gasteiger charge is -1.99. The normalized spacial score (nSPS) is 10.8. The summed E-state index contributed by atoms with van der Waals surface area (Å²) in [5.74, 6) is 0. The van der Waals surface area contributed by atoms with Crippen LogP contribution in [0.15, 0.2) is 67.4 Å². The molecule has 0 fully saturated rings. The molecule has 0 N–H and O–H groups in total. The number of hydrogen-bond donors (Lipinski definition) is 0. The number of benzene rings is 1. The Balaban J connectivity index is 1.55. The smallest absolute Gasteiger partial charge is 0.123 e. The third-order valence-electron chi connectivity index (χ3n) is 3.66. The van der Waals surface area contributed by atoms with Gasteiger partial charge in [0, 0.05) is 14.6 Å². The van der Waals surface area contributed by atoms with Gasteiger partial charge in [-0.1, -0.05) is 48.2 Å². The van der Waals surface area contributed by atoms with Gasteiger partial charge in [0.05, 0.1) is 17.6 Å². The molecule has 24 heavy (non-hydrogen) atoms. The maximum Gasteiger partial charge on any atom is 0.123 e. The Hall–Kier alpha value is -2.50. The summed E-state index contributed by atoms with van der Waals surface area (Å²) in [6.45, 7) is 4.56. The molecule has 118 valence electrons. The number of hydrogen-bond acceptors (Lipinski definition) is 4. The Labute approximate surface area is 148 Å². The van der Waals surface area contributed by atoms with Crippen molar-refractivity contribution in [3.8, 4) is 20.3 Å². The van der Waals surface area contributed by atoms with Crippen molar-refractivity contribution in [1.29, 1.82) is 0 Å². The lowest BCUT2D eigenvalue weighted by molar-refractivity contribution is 0.650. The van der Waals surface area contributed by atoms with Gasteiger partial charge in [-0.05, 0) is 29.8 Å². The van der Waals surface area contributed by atoms with E-state index >= 15 is 0 Å². The largest absolute Gasteiger partial charge is 0.247 e. The van der Waals surface area contributed by atoms with Gasteiger partial charge in [-0.25, -0.2) is 4.68 Å². The first-order valence-corrected chi connectivity index (χ1v) is 9.22. The molecule has 0 spiro atoms. The second-order valence-corrected chi connectivity index (χ2v) is 7.56. The summed E-state index contributed by atoms with van der Waals surface area (Å²) in [5, 5.41) is 8.57. The van der Waals surface area contributed by atoms with Crippen LogP contribution in [0.5, 0.6) is 0 Å². The predicted molar refractivity (Wildman–Crippen MR) is 102 cm³/mol. The van der Waals surface area contributed by atoms with Gasteiger partial charge in [-0.2, -0.15) is 0 Å². The molecular weight excluding hydrogens is 334 g/mol. The summed E-state index contributed by atoms with van der Waals surface area (Å²) in [7, 11) is 0. The zero-order chi connectivity index (χ0) is 16.4. The monoisotopic (exact) mass is 349 g/mol. The van der Waals surface area contributed by atoms with Gasteiger partial charge in [-0.3, -0.25) is 0 Å². The fourth-order valence-electron chi connectivity index (χ4n) is 2.46. The highest BCUT2D eigenvalue weighted by Crippen LogP contribution is 2.37. The highest BCUT2D eigenvalue weighted by atomic mass is 32.1. The van der Waals surface area contributed by atoms with Crippen molar-refractivity contribution in [3.05, 3.63) is 77.8 Å². The highest BCUT2D eigenvalue weighted by molar-refractivity contribution is 7.24. The minimum atomic E-state index is 0.736. The van der Waals surface area contributed by atoms with Gasteiger partial charge in [0.1, 0.15) is 5.69 Å². The first-order chi connectivity index (χ1) is 11.8. The van der Waals surface area contributed by atoms with E-state index in [0.717, 1.165) is 17.1 Å². The van der Waals surface area contributed by atoms with Crippen molar-refractivity contribution >= 4 is 28.7 Å². The molecule has 0 bridgehead atoms. The molecule has 1 aromatic carbocycles. The third kappa shape index (κ3) is 3.09. The molecular formula is C19H15N3S2. The maximum absolute atomic E-state index is 4.32. The molecule has 0 aliphatic heterocycles. The Bertz CT molecular complexity index is 963. The van der Waals surface area contributed by atoms with Crippen LogP contribution < -0.4 is 0 Å². The van der Waals surface area contributed by atoms with Crippen molar-refractivity contribution in [2.75, 3.05) is 0 Å². The number of aromatic nitrogens is 3. The molecule has 3 heterocycles. The van der Waals surface area contributed by atoms with Gasteiger partial charge in [-0.15, -0.1) is 27.8 Å². The standard InChI is InChI=1S/C19H15N3S2/c1-2-15-8-9-18(23-15)19-11-10-17(24-19)16-13-22(21-20-16)12-14-6-4-3-5-7-14/h2-11,13H,1,12H2. The summed E-state index contributed by atoms with van der Waals surface area (Å²) in [5.41, 5.74) is 2.14. The molecule has 0 saturated heterocycles. The highest BCUT2D eigenvalue weighted by Gasteiger charge is 2.10. The van der Waals surface area contributed by atoms with Crippen LogP contribution in [-0.4, -0.2) is 15.0 Å². The predicted octanol–water partition coefficient (Wildman–Crippen LogP) is 5.43. The molecule has 0 radical (unpaired) electrons. The van der Waals surface area contributed by atoms with E-state index in [0.29, 0.717) is 0 Å².